The molecule has 5 nitrogen and oxygen atoms in total. The van der Waals surface area contributed by atoms with Crippen molar-refractivity contribution < 1.29 is 4.39 Å². The van der Waals surface area contributed by atoms with Gasteiger partial charge in [-0.3, -0.25) is 19.3 Å². The number of hydrogen-bond acceptors (Lipinski definition) is 4. The van der Waals surface area contributed by atoms with Crippen LogP contribution < -0.4 is 5.56 Å². The van der Waals surface area contributed by atoms with Crippen molar-refractivity contribution in [1.29, 1.82) is 0 Å². The molecule has 6 heteroatoms. The van der Waals surface area contributed by atoms with Crippen molar-refractivity contribution >= 4 is 11.0 Å². The standard InChI is InChI=1S/C28H29FN4O/c1-17-5-4-6-24(29)26(17)21-11-9-20(10-12-21)23-15-22-8-7-18(2)32-27(22)33(28(23)34)16-25-19(3)30-13-14-31-25/h4-8,13-15,20-21H,9-12,16H2,1-3H3/t20-,21-. The first-order chi connectivity index (χ1) is 16.4. The first kappa shape index (κ1) is 22.4. The fraction of sp³-hybridized carbons (Fsp3) is 0.357. The number of pyridine rings is 2. The van der Waals surface area contributed by atoms with Crippen LogP contribution in [0.15, 0.2) is 53.6 Å². The summed E-state index contributed by atoms with van der Waals surface area (Å²) in [6.45, 7) is 6.16. The molecule has 0 atom stereocenters. The van der Waals surface area contributed by atoms with Crippen LogP contribution in [0.2, 0.25) is 0 Å². The number of fused-ring (bicyclic) bond motifs is 1. The van der Waals surface area contributed by atoms with Crippen LogP contribution in [0.5, 0.6) is 0 Å². The zero-order chi connectivity index (χ0) is 23.8. The maximum atomic E-state index is 14.5. The number of hydrogen-bond donors (Lipinski definition) is 0. The molecule has 1 saturated carbocycles. The van der Waals surface area contributed by atoms with E-state index in [1.807, 2.05) is 45.0 Å². The molecule has 3 aromatic heterocycles. The maximum Gasteiger partial charge on any atom is 0.256 e. The third-order valence-electron chi connectivity index (χ3n) is 7.24. The topological polar surface area (TPSA) is 60.7 Å². The van der Waals surface area contributed by atoms with Gasteiger partial charge in [-0.1, -0.05) is 12.1 Å². The molecule has 0 N–H and O–H groups in total. The SMILES string of the molecule is Cc1ccc2cc([C@H]3CC[C@H](c4c(C)cccc4F)CC3)c(=O)n(Cc3nccnc3C)c2n1. The minimum absolute atomic E-state index is 0.0128. The Kier molecular flexibility index (Phi) is 5.98. The van der Waals surface area contributed by atoms with Crippen LogP contribution in [-0.4, -0.2) is 19.5 Å². The highest BCUT2D eigenvalue weighted by atomic mass is 19.1. The molecule has 0 radical (unpaired) electrons. The maximum absolute atomic E-state index is 14.5. The third-order valence-corrected chi connectivity index (χ3v) is 7.24. The predicted octanol–water partition coefficient (Wildman–Crippen LogP) is 5.74. The minimum atomic E-state index is -0.114. The summed E-state index contributed by atoms with van der Waals surface area (Å²) in [7, 11) is 0. The molecule has 0 bridgehead atoms. The Bertz CT molecular complexity index is 1400. The summed E-state index contributed by atoms with van der Waals surface area (Å²) in [5.41, 5.74) is 5.78. The van der Waals surface area contributed by atoms with E-state index >= 15 is 0 Å². The van der Waals surface area contributed by atoms with Crippen LogP contribution in [0, 0.1) is 26.6 Å². The molecule has 0 saturated heterocycles. The summed E-state index contributed by atoms with van der Waals surface area (Å²) >= 11 is 0. The van der Waals surface area contributed by atoms with Gasteiger partial charge in [0.2, 0.25) is 0 Å². The van der Waals surface area contributed by atoms with Crippen molar-refractivity contribution in [3.8, 4) is 0 Å². The van der Waals surface area contributed by atoms with Gasteiger partial charge in [0, 0.05) is 29.0 Å². The third kappa shape index (κ3) is 4.13. The van der Waals surface area contributed by atoms with Crippen LogP contribution in [0.1, 0.15) is 71.3 Å². The number of rotatable bonds is 4. The van der Waals surface area contributed by atoms with Gasteiger partial charge in [0.25, 0.3) is 5.56 Å². The number of nitrogens with zero attached hydrogens (tertiary/aromatic N) is 4. The molecule has 0 unspecified atom stereocenters. The Balaban J connectivity index is 1.51. The van der Waals surface area contributed by atoms with E-state index < -0.39 is 0 Å². The molecule has 3 heterocycles. The van der Waals surface area contributed by atoms with Gasteiger partial charge < -0.3 is 0 Å². The Morgan fingerprint density at radius 2 is 1.71 bits per heavy atom. The van der Waals surface area contributed by atoms with Crippen molar-refractivity contribution in [3.63, 3.8) is 0 Å². The van der Waals surface area contributed by atoms with E-state index in [4.69, 9.17) is 4.98 Å². The van der Waals surface area contributed by atoms with Crippen LogP contribution in [0.25, 0.3) is 11.0 Å². The van der Waals surface area contributed by atoms with Gasteiger partial charge in [-0.2, -0.15) is 0 Å². The predicted molar refractivity (Wildman–Crippen MR) is 132 cm³/mol. The minimum Gasteiger partial charge on any atom is -0.286 e. The van der Waals surface area contributed by atoms with Crippen LogP contribution in [0.3, 0.4) is 0 Å². The second kappa shape index (κ2) is 9.09. The van der Waals surface area contributed by atoms with Crippen molar-refractivity contribution in [2.24, 2.45) is 0 Å². The fourth-order valence-corrected chi connectivity index (χ4v) is 5.40. The lowest BCUT2D eigenvalue weighted by Gasteiger charge is -2.30. The van der Waals surface area contributed by atoms with E-state index in [2.05, 4.69) is 9.97 Å². The molecule has 174 valence electrons. The monoisotopic (exact) mass is 456 g/mol. The zero-order valence-electron chi connectivity index (χ0n) is 19.9. The highest BCUT2D eigenvalue weighted by molar-refractivity contribution is 5.76. The second-order valence-electron chi connectivity index (χ2n) is 9.46. The van der Waals surface area contributed by atoms with Crippen molar-refractivity contribution in [1.82, 2.24) is 19.5 Å². The van der Waals surface area contributed by atoms with Gasteiger partial charge in [0.05, 0.1) is 17.9 Å². The van der Waals surface area contributed by atoms with Crippen LogP contribution in [0.4, 0.5) is 4.39 Å². The van der Waals surface area contributed by atoms with E-state index in [9.17, 15) is 9.18 Å². The summed E-state index contributed by atoms with van der Waals surface area (Å²) < 4.78 is 16.3. The Morgan fingerprint density at radius 3 is 2.44 bits per heavy atom. The van der Waals surface area contributed by atoms with E-state index in [-0.39, 0.29) is 23.2 Å². The van der Waals surface area contributed by atoms with E-state index in [0.29, 0.717) is 12.2 Å². The average molecular weight is 457 g/mol. The van der Waals surface area contributed by atoms with Gasteiger partial charge in [0.1, 0.15) is 11.5 Å². The fourth-order valence-electron chi connectivity index (χ4n) is 5.40. The molecule has 1 fully saturated rings. The van der Waals surface area contributed by atoms with Crippen LogP contribution in [-0.2, 0) is 6.54 Å². The first-order valence-corrected chi connectivity index (χ1v) is 11.9. The normalized spacial score (nSPS) is 18.4. The quantitative estimate of drug-likeness (QED) is 0.393. The van der Waals surface area contributed by atoms with Gasteiger partial charge in [-0.15, -0.1) is 0 Å². The van der Waals surface area contributed by atoms with E-state index in [1.165, 1.54) is 0 Å². The lowest BCUT2D eigenvalue weighted by Crippen LogP contribution is -2.29. The van der Waals surface area contributed by atoms with E-state index in [0.717, 1.165) is 64.8 Å². The molecule has 1 aliphatic carbocycles. The van der Waals surface area contributed by atoms with Gasteiger partial charge in [-0.05, 0) is 93.7 Å². The molecule has 4 aromatic rings. The van der Waals surface area contributed by atoms with Gasteiger partial charge in [-0.25, -0.2) is 9.37 Å². The van der Waals surface area contributed by atoms with Crippen molar-refractivity contribution in [3.05, 3.63) is 98.7 Å². The molecule has 34 heavy (non-hydrogen) atoms. The highest BCUT2D eigenvalue weighted by Crippen LogP contribution is 2.41. The lowest BCUT2D eigenvalue weighted by molar-refractivity contribution is 0.384. The number of benzene rings is 1. The summed E-state index contributed by atoms with van der Waals surface area (Å²) in [6.07, 6.45) is 6.79. The largest absolute Gasteiger partial charge is 0.286 e. The highest BCUT2D eigenvalue weighted by Gasteiger charge is 2.28. The number of aryl methyl sites for hydroxylation is 3. The molecule has 0 spiro atoms. The lowest BCUT2D eigenvalue weighted by atomic mass is 9.75. The van der Waals surface area contributed by atoms with Gasteiger partial charge >= 0.3 is 0 Å². The molecular formula is C28H29FN4O. The Hall–Kier alpha value is -3.41. The average Bonchev–Trinajstić information content (AvgIpc) is 2.82. The van der Waals surface area contributed by atoms with E-state index in [1.54, 1.807) is 29.1 Å². The molecule has 0 amide bonds. The van der Waals surface area contributed by atoms with Gasteiger partial charge in [0.15, 0.2) is 0 Å². The van der Waals surface area contributed by atoms with Crippen molar-refractivity contribution in [2.45, 2.75) is 64.8 Å². The molecular weight excluding hydrogens is 427 g/mol. The number of aromatic nitrogens is 4. The first-order valence-electron chi connectivity index (χ1n) is 11.9. The molecule has 0 aliphatic heterocycles. The molecule has 5 rings (SSSR count). The Morgan fingerprint density at radius 1 is 0.971 bits per heavy atom. The second-order valence-corrected chi connectivity index (χ2v) is 9.46. The Labute approximate surface area is 198 Å². The summed E-state index contributed by atoms with van der Waals surface area (Å²) in [5, 5.41) is 0.953. The summed E-state index contributed by atoms with van der Waals surface area (Å²) in [6, 6.07) is 11.3. The summed E-state index contributed by atoms with van der Waals surface area (Å²) in [4.78, 5) is 27.3. The molecule has 1 aromatic carbocycles. The number of halogens is 1. The van der Waals surface area contributed by atoms with Crippen molar-refractivity contribution in [2.75, 3.05) is 0 Å². The summed E-state index contributed by atoms with van der Waals surface area (Å²) in [5.74, 6) is 0.236. The van der Waals surface area contributed by atoms with Crippen LogP contribution >= 0.6 is 0 Å². The molecule has 1 aliphatic rings. The zero-order valence-corrected chi connectivity index (χ0v) is 19.9. The smallest absolute Gasteiger partial charge is 0.256 e.